The number of rotatable bonds is 7. The molecule has 0 fully saturated rings. The van der Waals surface area contributed by atoms with E-state index in [1.165, 1.54) is 11.1 Å². The number of hydrogen-bond acceptors (Lipinski definition) is 3. The Morgan fingerprint density at radius 3 is 2.48 bits per heavy atom. The lowest BCUT2D eigenvalue weighted by atomic mass is 10.1. The largest absolute Gasteiger partial charge is 0.494 e. The van der Waals surface area contributed by atoms with E-state index in [4.69, 9.17) is 9.47 Å². The summed E-state index contributed by atoms with van der Waals surface area (Å²) in [6.07, 6.45) is 0. The SMILES string of the molecule is CCOc1ccc(NC(=O)COCc2ccc(C)cc2C)cc1. The molecule has 0 aromatic heterocycles. The van der Waals surface area contributed by atoms with Crippen molar-refractivity contribution in [2.24, 2.45) is 0 Å². The molecule has 0 radical (unpaired) electrons. The van der Waals surface area contributed by atoms with Crippen LogP contribution in [0.5, 0.6) is 5.75 Å². The summed E-state index contributed by atoms with van der Waals surface area (Å²) in [5.74, 6) is 0.621. The second kappa shape index (κ2) is 8.34. The van der Waals surface area contributed by atoms with Gasteiger partial charge in [-0.25, -0.2) is 0 Å². The predicted octanol–water partition coefficient (Wildman–Crippen LogP) is 3.86. The zero-order valence-electron chi connectivity index (χ0n) is 13.9. The Morgan fingerprint density at radius 1 is 1.09 bits per heavy atom. The van der Waals surface area contributed by atoms with E-state index < -0.39 is 0 Å². The van der Waals surface area contributed by atoms with Gasteiger partial charge in [-0.15, -0.1) is 0 Å². The zero-order valence-corrected chi connectivity index (χ0v) is 13.9. The molecule has 122 valence electrons. The van der Waals surface area contributed by atoms with Crippen molar-refractivity contribution in [2.45, 2.75) is 27.4 Å². The van der Waals surface area contributed by atoms with Crippen LogP contribution < -0.4 is 10.1 Å². The Bertz CT molecular complexity index is 650. The minimum absolute atomic E-state index is 0.0283. The second-order valence-electron chi connectivity index (χ2n) is 5.43. The number of benzene rings is 2. The third-order valence-electron chi connectivity index (χ3n) is 3.44. The van der Waals surface area contributed by atoms with Crippen LogP contribution in [0.1, 0.15) is 23.6 Å². The molecule has 0 spiro atoms. The van der Waals surface area contributed by atoms with Crippen LogP contribution in [0.2, 0.25) is 0 Å². The molecule has 4 nitrogen and oxygen atoms in total. The third kappa shape index (κ3) is 5.42. The summed E-state index contributed by atoms with van der Waals surface area (Å²) < 4.78 is 10.9. The molecule has 2 aromatic rings. The van der Waals surface area contributed by atoms with Crippen LogP contribution in [0.25, 0.3) is 0 Å². The molecule has 0 aliphatic heterocycles. The van der Waals surface area contributed by atoms with Gasteiger partial charge in [-0.2, -0.15) is 0 Å². The van der Waals surface area contributed by atoms with E-state index in [0.717, 1.165) is 17.0 Å². The van der Waals surface area contributed by atoms with Crippen molar-refractivity contribution in [2.75, 3.05) is 18.5 Å². The normalized spacial score (nSPS) is 10.4. The average Bonchev–Trinajstić information content (AvgIpc) is 2.52. The lowest BCUT2D eigenvalue weighted by Gasteiger charge is -2.09. The minimum Gasteiger partial charge on any atom is -0.494 e. The second-order valence-corrected chi connectivity index (χ2v) is 5.43. The van der Waals surface area contributed by atoms with Gasteiger partial charge in [0.25, 0.3) is 0 Å². The van der Waals surface area contributed by atoms with E-state index in [2.05, 4.69) is 18.3 Å². The van der Waals surface area contributed by atoms with Gasteiger partial charge in [0.05, 0.1) is 13.2 Å². The van der Waals surface area contributed by atoms with Gasteiger partial charge in [0, 0.05) is 5.69 Å². The summed E-state index contributed by atoms with van der Waals surface area (Å²) in [5.41, 5.74) is 4.23. The number of carbonyl (C=O) groups is 1. The summed E-state index contributed by atoms with van der Waals surface area (Å²) >= 11 is 0. The van der Waals surface area contributed by atoms with Crippen LogP contribution in [-0.4, -0.2) is 19.1 Å². The van der Waals surface area contributed by atoms with E-state index in [9.17, 15) is 4.79 Å². The molecule has 2 rings (SSSR count). The molecule has 2 aromatic carbocycles. The van der Waals surface area contributed by atoms with Gasteiger partial charge in [-0.1, -0.05) is 23.8 Å². The van der Waals surface area contributed by atoms with Gasteiger partial charge in [0.15, 0.2) is 0 Å². The fourth-order valence-electron chi connectivity index (χ4n) is 2.26. The van der Waals surface area contributed by atoms with Gasteiger partial charge >= 0.3 is 0 Å². The molecule has 1 amide bonds. The van der Waals surface area contributed by atoms with Crippen molar-refractivity contribution in [3.05, 3.63) is 59.2 Å². The summed E-state index contributed by atoms with van der Waals surface area (Å²) in [6, 6.07) is 13.5. The van der Waals surface area contributed by atoms with Crippen molar-refractivity contribution in [1.82, 2.24) is 0 Å². The fraction of sp³-hybridized carbons (Fsp3) is 0.316. The van der Waals surface area contributed by atoms with Crippen LogP contribution >= 0.6 is 0 Å². The van der Waals surface area contributed by atoms with Crippen molar-refractivity contribution in [3.8, 4) is 5.75 Å². The summed E-state index contributed by atoms with van der Waals surface area (Å²) in [6.45, 7) is 7.12. The van der Waals surface area contributed by atoms with Crippen LogP contribution in [0.3, 0.4) is 0 Å². The monoisotopic (exact) mass is 313 g/mol. The first-order valence-electron chi connectivity index (χ1n) is 7.75. The molecule has 0 unspecified atom stereocenters. The number of carbonyl (C=O) groups excluding carboxylic acids is 1. The van der Waals surface area contributed by atoms with Gasteiger partial charge in [0.1, 0.15) is 12.4 Å². The van der Waals surface area contributed by atoms with Crippen LogP contribution in [-0.2, 0) is 16.1 Å². The van der Waals surface area contributed by atoms with Gasteiger partial charge in [-0.3, -0.25) is 4.79 Å². The smallest absolute Gasteiger partial charge is 0.250 e. The first kappa shape index (κ1) is 17.0. The highest BCUT2D eigenvalue weighted by Crippen LogP contribution is 2.15. The number of anilines is 1. The Balaban J connectivity index is 1.78. The van der Waals surface area contributed by atoms with E-state index in [1.807, 2.05) is 50.2 Å². The number of nitrogens with one attached hydrogen (secondary N) is 1. The lowest BCUT2D eigenvalue weighted by molar-refractivity contribution is -0.121. The molecule has 0 saturated heterocycles. The summed E-state index contributed by atoms with van der Waals surface area (Å²) in [7, 11) is 0. The van der Waals surface area contributed by atoms with Crippen molar-refractivity contribution in [3.63, 3.8) is 0 Å². The summed E-state index contributed by atoms with van der Waals surface area (Å²) in [4.78, 5) is 11.9. The maximum Gasteiger partial charge on any atom is 0.250 e. The molecule has 0 bridgehead atoms. The summed E-state index contributed by atoms with van der Waals surface area (Å²) in [5, 5.41) is 2.80. The molecule has 0 aliphatic carbocycles. The minimum atomic E-state index is -0.168. The first-order valence-corrected chi connectivity index (χ1v) is 7.75. The fourth-order valence-corrected chi connectivity index (χ4v) is 2.26. The topological polar surface area (TPSA) is 47.6 Å². The van der Waals surface area contributed by atoms with Crippen LogP contribution in [0.15, 0.2) is 42.5 Å². The lowest BCUT2D eigenvalue weighted by Crippen LogP contribution is -2.18. The van der Waals surface area contributed by atoms with Crippen LogP contribution in [0.4, 0.5) is 5.69 Å². The maximum absolute atomic E-state index is 11.9. The van der Waals surface area contributed by atoms with Crippen LogP contribution in [0, 0.1) is 13.8 Å². The van der Waals surface area contributed by atoms with E-state index >= 15 is 0 Å². The van der Waals surface area contributed by atoms with Crippen molar-refractivity contribution in [1.29, 1.82) is 0 Å². The number of hydrogen-bond donors (Lipinski definition) is 1. The van der Waals surface area contributed by atoms with Crippen molar-refractivity contribution < 1.29 is 14.3 Å². The Labute approximate surface area is 137 Å². The maximum atomic E-state index is 11.9. The van der Waals surface area contributed by atoms with E-state index in [0.29, 0.717) is 13.2 Å². The highest BCUT2D eigenvalue weighted by Gasteiger charge is 2.04. The molecule has 1 N–H and O–H groups in total. The molecule has 0 saturated carbocycles. The number of aryl methyl sites for hydroxylation is 2. The Morgan fingerprint density at radius 2 is 1.83 bits per heavy atom. The molecule has 0 aliphatic rings. The molecule has 0 atom stereocenters. The molecule has 4 heteroatoms. The van der Waals surface area contributed by atoms with Gasteiger partial charge < -0.3 is 14.8 Å². The standard InChI is InChI=1S/C19H23NO3/c1-4-23-18-9-7-17(8-10-18)20-19(21)13-22-12-16-6-5-14(2)11-15(16)3/h5-11H,4,12-13H2,1-3H3,(H,20,21). The highest BCUT2D eigenvalue weighted by molar-refractivity contribution is 5.91. The van der Waals surface area contributed by atoms with Gasteiger partial charge in [-0.05, 0) is 56.2 Å². The Kier molecular flexibility index (Phi) is 6.18. The third-order valence-corrected chi connectivity index (χ3v) is 3.44. The zero-order chi connectivity index (χ0) is 16.7. The molecule has 23 heavy (non-hydrogen) atoms. The Hall–Kier alpha value is -2.33. The van der Waals surface area contributed by atoms with Gasteiger partial charge in [0.2, 0.25) is 5.91 Å². The number of amides is 1. The first-order chi connectivity index (χ1) is 11.1. The highest BCUT2D eigenvalue weighted by atomic mass is 16.5. The quantitative estimate of drug-likeness (QED) is 0.844. The van der Waals surface area contributed by atoms with E-state index in [1.54, 1.807) is 0 Å². The predicted molar refractivity (Wildman–Crippen MR) is 91.8 cm³/mol. The van der Waals surface area contributed by atoms with E-state index in [-0.39, 0.29) is 12.5 Å². The number of ether oxygens (including phenoxy) is 2. The molecular weight excluding hydrogens is 290 g/mol. The average molecular weight is 313 g/mol. The van der Waals surface area contributed by atoms with Crippen molar-refractivity contribution >= 4 is 11.6 Å². The molecule has 0 heterocycles. The molecular formula is C19H23NO3.